The normalized spacial score (nSPS) is 11.2. The number of benzene rings is 2. The first-order valence-corrected chi connectivity index (χ1v) is 12.2. The van der Waals surface area contributed by atoms with Crippen molar-refractivity contribution in [3.63, 3.8) is 0 Å². The van der Waals surface area contributed by atoms with Gasteiger partial charge in [-0.2, -0.15) is 5.10 Å². The summed E-state index contributed by atoms with van der Waals surface area (Å²) in [5.41, 5.74) is 7.04. The van der Waals surface area contributed by atoms with Gasteiger partial charge in [0.05, 0.1) is 36.7 Å². The lowest BCUT2D eigenvalue weighted by molar-refractivity contribution is 0.355. The van der Waals surface area contributed by atoms with Crippen LogP contribution in [0.1, 0.15) is 22.6 Å². The molecule has 7 nitrogen and oxygen atoms in total. The largest absolute Gasteiger partial charge is 0.493 e. The smallest absolute Gasteiger partial charge is 0.230 e. The van der Waals surface area contributed by atoms with E-state index in [9.17, 15) is 0 Å². The number of oxazole rings is 1. The van der Waals surface area contributed by atoms with Gasteiger partial charge in [-0.05, 0) is 50.6 Å². The van der Waals surface area contributed by atoms with Crippen molar-refractivity contribution in [3.8, 4) is 34.2 Å². The van der Waals surface area contributed by atoms with Crippen molar-refractivity contribution >= 4 is 17.3 Å². The zero-order valence-electron chi connectivity index (χ0n) is 20.3. The average molecular weight is 487 g/mol. The number of para-hydroxylation sites is 1. The first-order chi connectivity index (χ1) is 17.0. The highest BCUT2D eigenvalue weighted by molar-refractivity contribution is 7.98. The van der Waals surface area contributed by atoms with Crippen LogP contribution in [0.25, 0.3) is 28.2 Å². The number of aromatic nitrogens is 4. The summed E-state index contributed by atoms with van der Waals surface area (Å²) in [6, 6.07) is 14.2. The molecule has 0 aliphatic rings. The van der Waals surface area contributed by atoms with Gasteiger partial charge in [0.15, 0.2) is 11.5 Å². The van der Waals surface area contributed by atoms with Gasteiger partial charge < -0.3 is 13.9 Å². The van der Waals surface area contributed by atoms with E-state index in [1.807, 2.05) is 35.8 Å². The molecule has 0 saturated heterocycles. The molecule has 3 aromatic heterocycles. The van der Waals surface area contributed by atoms with Gasteiger partial charge in [-0.15, -0.1) is 0 Å². The molecular weight excluding hydrogens is 460 g/mol. The Bertz CT molecular complexity index is 1520. The Morgan fingerprint density at radius 2 is 1.86 bits per heavy atom. The molecule has 8 heteroatoms. The van der Waals surface area contributed by atoms with Gasteiger partial charge in [0.1, 0.15) is 10.8 Å². The summed E-state index contributed by atoms with van der Waals surface area (Å²) in [5.74, 6) is 3.10. The quantitative estimate of drug-likeness (QED) is 0.250. The molecule has 0 unspecified atom stereocenters. The molecule has 0 fully saturated rings. The Labute approximate surface area is 208 Å². The molecule has 0 bridgehead atoms. The van der Waals surface area contributed by atoms with E-state index in [-0.39, 0.29) is 0 Å². The second kappa shape index (κ2) is 9.46. The van der Waals surface area contributed by atoms with Gasteiger partial charge in [0, 0.05) is 23.7 Å². The van der Waals surface area contributed by atoms with Crippen LogP contribution in [0.15, 0.2) is 64.3 Å². The highest BCUT2D eigenvalue weighted by Gasteiger charge is 2.19. The number of hydrogen-bond donors (Lipinski definition) is 0. The number of hydrogen-bond acceptors (Lipinski definition) is 7. The summed E-state index contributed by atoms with van der Waals surface area (Å²) in [4.78, 5) is 9.38. The lowest BCUT2D eigenvalue weighted by atomic mass is 10.0. The van der Waals surface area contributed by atoms with E-state index in [1.54, 1.807) is 32.2 Å². The van der Waals surface area contributed by atoms with E-state index in [2.05, 4.69) is 43.1 Å². The summed E-state index contributed by atoms with van der Waals surface area (Å²) in [6.45, 7) is 6.12. The van der Waals surface area contributed by atoms with Crippen LogP contribution in [0.5, 0.6) is 11.5 Å². The second-order valence-electron chi connectivity index (χ2n) is 8.26. The molecule has 0 spiro atoms. The van der Waals surface area contributed by atoms with Gasteiger partial charge in [-0.1, -0.05) is 35.5 Å². The molecule has 0 N–H and O–H groups in total. The number of nitrogens with zero attached hydrogens (tertiary/aromatic N) is 4. The van der Waals surface area contributed by atoms with Crippen molar-refractivity contribution in [2.75, 3.05) is 14.2 Å². The van der Waals surface area contributed by atoms with E-state index in [1.165, 1.54) is 11.1 Å². The molecule has 5 rings (SSSR count). The van der Waals surface area contributed by atoms with Gasteiger partial charge in [-0.3, -0.25) is 0 Å². The van der Waals surface area contributed by atoms with Crippen molar-refractivity contribution < 1.29 is 13.9 Å². The Balaban J connectivity index is 1.43. The minimum absolute atomic E-state index is 0.501. The monoisotopic (exact) mass is 486 g/mol. The van der Waals surface area contributed by atoms with Crippen molar-refractivity contribution in [3.05, 3.63) is 77.4 Å². The number of rotatable bonds is 7. The third kappa shape index (κ3) is 4.37. The highest BCUT2D eigenvalue weighted by Crippen LogP contribution is 2.38. The first kappa shape index (κ1) is 23.0. The van der Waals surface area contributed by atoms with Crippen LogP contribution in [0.3, 0.4) is 0 Å². The van der Waals surface area contributed by atoms with Crippen LogP contribution in [0.4, 0.5) is 0 Å². The van der Waals surface area contributed by atoms with E-state index in [0.717, 1.165) is 38.8 Å². The zero-order chi connectivity index (χ0) is 24.5. The highest BCUT2D eigenvalue weighted by atomic mass is 32.2. The predicted octanol–water partition coefficient (Wildman–Crippen LogP) is 6.29. The summed E-state index contributed by atoms with van der Waals surface area (Å²) in [5, 5.41) is 5.69. The van der Waals surface area contributed by atoms with Crippen LogP contribution in [-0.2, 0) is 5.75 Å². The average Bonchev–Trinajstić information content (AvgIpc) is 3.47. The van der Waals surface area contributed by atoms with Crippen molar-refractivity contribution in [2.24, 2.45) is 0 Å². The first-order valence-electron chi connectivity index (χ1n) is 11.2. The number of aryl methyl sites for hydroxylation is 3. The predicted molar refractivity (Wildman–Crippen MR) is 137 cm³/mol. The van der Waals surface area contributed by atoms with Crippen LogP contribution < -0.4 is 9.47 Å². The minimum atomic E-state index is 0.501. The molecule has 0 aliphatic heterocycles. The van der Waals surface area contributed by atoms with Gasteiger partial charge in [0.2, 0.25) is 5.89 Å². The van der Waals surface area contributed by atoms with E-state index in [4.69, 9.17) is 24.0 Å². The number of methoxy groups -OCH3 is 2. The van der Waals surface area contributed by atoms with Gasteiger partial charge in [0.25, 0.3) is 0 Å². The molecule has 35 heavy (non-hydrogen) atoms. The topological polar surface area (TPSA) is 74.7 Å². The van der Waals surface area contributed by atoms with Crippen molar-refractivity contribution in [1.82, 2.24) is 19.6 Å². The molecule has 3 heterocycles. The van der Waals surface area contributed by atoms with E-state index in [0.29, 0.717) is 23.1 Å². The number of ether oxygens (including phenoxy) is 2. The van der Waals surface area contributed by atoms with Crippen LogP contribution in [0, 0.1) is 20.8 Å². The fourth-order valence-electron chi connectivity index (χ4n) is 4.02. The minimum Gasteiger partial charge on any atom is -0.493 e. The summed E-state index contributed by atoms with van der Waals surface area (Å²) < 4.78 is 18.9. The zero-order valence-corrected chi connectivity index (χ0v) is 21.1. The van der Waals surface area contributed by atoms with E-state index < -0.39 is 0 Å². The van der Waals surface area contributed by atoms with Gasteiger partial charge >= 0.3 is 0 Å². The summed E-state index contributed by atoms with van der Waals surface area (Å²) in [7, 11) is 3.22. The molecular formula is C27H26N4O3S. The number of thioether (sulfide) groups is 1. The molecule has 0 radical (unpaired) electrons. The standard InChI is InChI=1S/C27H26N4O3S/c1-16-9-10-17(2)20(13-16)21-14-23-27(28-11-12-31(23)30-21)35-15-22-18(3)34-26(29-22)19-7-6-8-24(32-4)25(19)33-5/h6-14H,15H2,1-5H3. The second-order valence-corrected chi connectivity index (χ2v) is 9.23. The molecule has 5 aromatic rings. The SMILES string of the molecule is COc1cccc(-c2nc(CSc3nccn4nc(-c5cc(C)ccc5C)cc34)c(C)o2)c1OC. The molecule has 2 aromatic carbocycles. The Hall–Kier alpha value is -3.78. The molecule has 0 amide bonds. The Morgan fingerprint density at radius 1 is 1.00 bits per heavy atom. The summed E-state index contributed by atoms with van der Waals surface area (Å²) in [6.07, 6.45) is 3.65. The van der Waals surface area contributed by atoms with E-state index >= 15 is 0 Å². The summed E-state index contributed by atoms with van der Waals surface area (Å²) >= 11 is 1.61. The third-order valence-corrected chi connectivity index (χ3v) is 6.90. The maximum Gasteiger partial charge on any atom is 0.230 e. The van der Waals surface area contributed by atoms with Crippen LogP contribution in [0.2, 0.25) is 0 Å². The van der Waals surface area contributed by atoms with Crippen LogP contribution >= 0.6 is 11.8 Å². The maximum absolute atomic E-state index is 6.01. The molecule has 0 saturated carbocycles. The maximum atomic E-state index is 6.01. The Morgan fingerprint density at radius 3 is 2.66 bits per heavy atom. The lowest BCUT2D eigenvalue weighted by Gasteiger charge is -2.09. The molecule has 0 atom stereocenters. The lowest BCUT2D eigenvalue weighted by Crippen LogP contribution is -1.94. The third-order valence-electron chi connectivity index (χ3n) is 5.90. The van der Waals surface area contributed by atoms with Gasteiger partial charge in [-0.25, -0.2) is 14.5 Å². The fourth-order valence-corrected chi connectivity index (χ4v) is 5.00. The Kier molecular flexibility index (Phi) is 6.21. The fraction of sp³-hybridized carbons (Fsp3) is 0.222. The molecule has 0 aliphatic carbocycles. The van der Waals surface area contributed by atoms with Crippen molar-refractivity contribution in [1.29, 1.82) is 0 Å². The molecule has 178 valence electrons. The van der Waals surface area contributed by atoms with Crippen molar-refractivity contribution in [2.45, 2.75) is 31.6 Å². The van der Waals surface area contributed by atoms with Crippen LogP contribution in [-0.4, -0.2) is 33.8 Å². The number of fused-ring (bicyclic) bond motifs is 1.